The first-order valence-electron chi connectivity index (χ1n) is 5.75. The van der Waals surface area contributed by atoms with Crippen LogP contribution in [-0.4, -0.2) is 38.8 Å². The van der Waals surface area contributed by atoms with Gasteiger partial charge in [-0.05, 0) is 42.4 Å². The van der Waals surface area contributed by atoms with Crippen LogP contribution in [0.2, 0.25) is 0 Å². The summed E-state index contributed by atoms with van der Waals surface area (Å²) in [5, 5.41) is 0. The molecule has 0 bridgehead atoms. The summed E-state index contributed by atoms with van der Waals surface area (Å²) >= 11 is 5.37. The van der Waals surface area contributed by atoms with E-state index in [1.165, 1.54) is 14.2 Å². The van der Waals surface area contributed by atoms with E-state index in [9.17, 15) is 0 Å². The van der Waals surface area contributed by atoms with Crippen molar-refractivity contribution >= 4 is 27.3 Å². The normalized spacial score (nSPS) is 13.3. The van der Waals surface area contributed by atoms with Crippen molar-refractivity contribution in [3.63, 3.8) is 0 Å². The van der Waals surface area contributed by atoms with Gasteiger partial charge < -0.3 is 10.5 Å². The maximum absolute atomic E-state index is 5.89. The Labute approximate surface area is 116 Å². The van der Waals surface area contributed by atoms with E-state index in [2.05, 4.69) is 40.9 Å². The molecule has 0 amide bonds. The smallest absolute Gasteiger partial charge is 0.0562 e. The van der Waals surface area contributed by atoms with Gasteiger partial charge in [-0.15, -0.1) is 11.3 Å². The van der Waals surface area contributed by atoms with Crippen LogP contribution in [0.25, 0.3) is 0 Å². The molecule has 1 heterocycles. The third kappa shape index (κ3) is 4.34. The number of thiophene rings is 1. The van der Waals surface area contributed by atoms with Gasteiger partial charge in [-0.25, -0.2) is 0 Å². The van der Waals surface area contributed by atoms with Gasteiger partial charge in [0.25, 0.3) is 0 Å². The van der Waals surface area contributed by atoms with Crippen molar-refractivity contribution in [2.24, 2.45) is 5.73 Å². The predicted octanol–water partition coefficient (Wildman–Crippen LogP) is 2.79. The molecule has 1 aromatic rings. The van der Waals surface area contributed by atoms with Crippen LogP contribution in [0, 0.1) is 6.92 Å². The summed E-state index contributed by atoms with van der Waals surface area (Å²) < 4.78 is 6.25. The molecule has 17 heavy (non-hydrogen) atoms. The first-order chi connectivity index (χ1) is 8.10. The van der Waals surface area contributed by atoms with Crippen molar-refractivity contribution in [1.82, 2.24) is 4.90 Å². The third-order valence-electron chi connectivity index (χ3n) is 2.82. The van der Waals surface area contributed by atoms with Crippen LogP contribution in [0.15, 0.2) is 10.5 Å². The molecule has 0 aliphatic rings. The fraction of sp³-hybridized carbons (Fsp3) is 0.667. The van der Waals surface area contributed by atoms with Gasteiger partial charge in [0.1, 0.15) is 0 Å². The number of aryl methyl sites for hydroxylation is 1. The first-order valence-corrected chi connectivity index (χ1v) is 7.36. The summed E-state index contributed by atoms with van der Waals surface area (Å²) in [6, 6.07) is 2.49. The topological polar surface area (TPSA) is 38.5 Å². The molecule has 0 saturated heterocycles. The van der Waals surface area contributed by atoms with E-state index in [0.717, 1.165) is 19.6 Å². The minimum Gasteiger partial charge on any atom is -0.385 e. The molecule has 0 aliphatic carbocycles. The van der Waals surface area contributed by atoms with E-state index in [1.807, 2.05) is 11.3 Å². The molecule has 1 unspecified atom stereocenters. The van der Waals surface area contributed by atoms with Crippen LogP contribution in [0.5, 0.6) is 0 Å². The minimum absolute atomic E-state index is 0.307. The number of nitrogens with two attached hydrogens (primary N) is 1. The van der Waals surface area contributed by atoms with Gasteiger partial charge in [0.05, 0.1) is 6.04 Å². The Kier molecular flexibility index (Phi) is 6.66. The molecule has 0 aliphatic heterocycles. The average Bonchev–Trinajstić information content (AvgIpc) is 2.60. The molecule has 0 fully saturated rings. The lowest BCUT2D eigenvalue weighted by atomic mass is 10.2. The van der Waals surface area contributed by atoms with Crippen LogP contribution in [0.3, 0.4) is 0 Å². The van der Waals surface area contributed by atoms with Crippen LogP contribution in [0.4, 0.5) is 0 Å². The molecule has 5 heteroatoms. The zero-order valence-electron chi connectivity index (χ0n) is 10.7. The summed E-state index contributed by atoms with van der Waals surface area (Å²) in [4.78, 5) is 4.94. The van der Waals surface area contributed by atoms with E-state index >= 15 is 0 Å². The van der Waals surface area contributed by atoms with Gasteiger partial charge in [0.2, 0.25) is 0 Å². The van der Waals surface area contributed by atoms with E-state index < -0.39 is 0 Å². The van der Waals surface area contributed by atoms with Gasteiger partial charge in [0, 0.05) is 41.0 Å². The first kappa shape index (κ1) is 15.1. The zero-order chi connectivity index (χ0) is 12.8. The summed E-state index contributed by atoms with van der Waals surface area (Å²) in [7, 11) is 3.86. The number of likely N-dealkylation sites (N-methyl/N-ethyl adjacent to an activating group) is 1. The van der Waals surface area contributed by atoms with Gasteiger partial charge in [-0.1, -0.05) is 0 Å². The molecular formula is C12H21BrN2OS. The molecule has 98 valence electrons. The van der Waals surface area contributed by atoms with Crippen molar-refractivity contribution in [2.75, 3.05) is 33.9 Å². The molecular weight excluding hydrogens is 300 g/mol. The molecule has 2 N–H and O–H groups in total. The monoisotopic (exact) mass is 320 g/mol. The van der Waals surface area contributed by atoms with E-state index in [4.69, 9.17) is 10.5 Å². The zero-order valence-corrected chi connectivity index (χ0v) is 13.1. The number of halogens is 1. The summed E-state index contributed by atoms with van der Waals surface area (Å²) in [6.45, 7) is 4.58. The Morgan fingerprint density at radius 1 is 1.59 bits per heavy atom. The van der Waals surface area contributed by atoms with Crippen molar-refractivity contribution in [1.29, 1.82) is 0 Å². The highest BCUT2D eigenvalue weighted by Gasteiger charge is 2.18. The number of rotatable bonds is 7. The summed E-state index contributed by atoms with van der Waals surface area (Å²) in [5.74, 6) is 0. The SMILES string of the molecule is COCCCN(C)C(CN)c1cc(Br)c(C)s1. The maximum Gasteiger partial charge on any atom is 0.0562 e. The number of nitrogens with zero attached hydrogens (tertiary/aromatic N) is 1. The van der Waals surface area contributed by atoms with Gasteiger partial charge in [0.15, 0.2) is 0 Å². The molecule has 0 saturated carbocycles. The number of ether oxygens (including phenoxy) is 1. The predicted molar refractivity (Wildman–Crippen MR) is 77.7 cm³/mol. The van der Waals surface area contributed by atoms with Gasteiger partial charge >= 0.3 is 0 Å². The van der Waals surface area contributed by atoms with Gasteiger partial charge in [-0.3, -0.25) is 4.90 Å². The second-order valence-corrected chi connectivity index (χ2v) is 6.27. The lowest BCUT2D eigenvalue weighted by molar-refractivity contribution is 0.167. The van der Waals surface area contributed by atoms with E-state index in [0.29, 0.717) is 12.6 Å². The Bertz CT molecular complexity index is 324. The Morgan fingerprint density at radius 3 is 2.76 bits per heavy atom. The van der Waals surface area contributed by atoms with Crippen LogP contribution in [-0.2, 0) is 4.74 Å². The van der Waals surface area contributed by atoms with Crippen LogP contribution >= 0.6 is 27.3 Å². The second kappa shape index (κ2) is 7.48. The van der Waals surface area contributed by atoms with Crippen molar-refractivity contribution in [2.45, 2.75) is 19.4 Å². The van der Waals surface area contributed by atoms with Crippen molar-refractivity contribution in [3.05, 3.63) is 20.3 Å². The van der Waals surface area contributed by atoms with Crippen LogP contribution in [0.1, 0.15) is 22.2 Å². The Morgan fingerprint density at radius 2 is 2.29 bits per heavy atom. The second-order valence-electron chi connectivity index (χ2n) is 4.13. The fourth-order valence-corrected chi connectivity index (χ4v) is 3.51. The molecule has 1 rings (SSSR count). The van der Waals surface area contributed by atoms with Crippen LogP contribution < -0.4 is 5.73 Å². The third-order valence-corrected chi connectivity index (χ3v) is 5.06. The highest BCUT2D eigenvalue weighted by molar-refractivity contribution is 9.10. The molecule has 0 radical (unpaired) electrons. The summed E-state index contributed by atoms with van der Waals surface area (Å²) in [5.41, 5.74) is 5.89. The minimum atomic E-state index is 0.307. The highest BCUT2D eigenvalue weighted by atomic mass is 79.9. The average molecular weight is 321 g/mol. The van der Waals surface area contributed by atoms with E-state index in [-0.39, 0.29) is 0 Å². The van der Waals surface area contributed by atoms with Crippen molar-refractivity contribution < 1.29 is 4.74 Å². The summed E-state index contributed by atoms with van der Waals surface area (Å²) in [6.07, 6.45) is 1.04. The molecule has 0 spiro atoms. The maximum atomic E-state index is 5.89. The largest absolute Gasteiger partial charge is 0.385 e. The Balaban J connectivity index is 2.63. The fourth-order valence-electron chi connectivity index (χ4n) is 1.77. The van der Waals surface area contributed by atoms with Crippen molar-refractivity contribution in [3.8, 4) is 0 Å². The Hall–Kier alpha value is 0.0600. The quantitative estimate of drug-likeness (QED) is 0.785. The number of methoxy groups -OCH3 is 1. The molecule has 3 nitrogen and oxygen atoms in total. The highest BCUT2D eigenvalue weighted by Crippen LogP contribution is 2.32. The lowest BCUT2D eigenvalue weighted by Crippen LogP contribution is -2.31. The van der Waals surface area contributed by atoms with Gasteiger partial charge in [-0.2, -0.15) is 0 Å². The standard InChI is InChI=1S/C12H21BrN2OS/c1-9-10(13)7-12(17-9)11(8-14)15(2)5-4-6-16-3/h7,11H,4-6,8,14H2,1-3H3. The van der Waals surface area contributed by atoms with E-state index in [1.54, 1.807) is 7.11 Å². The molecule has 0 aromatic carbocycles. The number of hydrogen-bond acceptors (Lipinski definition) is 4. The number of hydrogen-bond donors (Lipinski definition) is 1. The molecule has 1 aromatic heterocycles. The molecule has 1 atom stereocenters. The lowest BCUT2D eigenvalue weighted by Gasteiger charge is -2.25.